The first-order chi connectivity index (χ1) is 13.0. The van der Waals surface area contributed by atoms with Crippen molar-refractivity contribution in [2.75, 3.05) is 38.7 Å². The molecule has 144 valence electrons. The molecule has 2 aromatic carbocycles. The fraction of sp³-hybridized carbons (Fsp3) is 0.409. The van der Waals surface area contributed by atoms with E-state index >= 15 is 0 Å². The standard InChI is InChI=1S/C22H27FN2O2/c1-24(2)19-9-7-18(8-10-19)22(26)25-14-11-17(12-15-25)13-16-27-21-6-4-3-5-20(21)23/h3-10,17H,11-16H2,1-2H3. The van der Waals surface area contributed by atoms with Crippen LogP contribution >= 0.6 is 0 Å². The van der Waals surface area contributed by atoms with Crippen LogP contribution in [0, 0.1) is 11.7 Å². The largest absolute Gasteiger partial charge is 0.491 e. The van der Waals surface area contributed by atoms with Crippen molar-refractivity contribution < 1.29 is 13.9 Å². The molecule has 0 aliphatic carbocycles. The number of amides is 1. The lowest BCUT2D eigenvalue weighted by atomic mass is 9.93. The van der Waals surface area contributed by atoms with Crippen molar-refractivity contribution in [3.05, 3.63) is 59.9 Å². The number of likely N-dealkylation sites (tertiary alicyclic amines) is 1. The minimum absolute atomic E-state index is 0.0985. The summed E-state index contributed by atoms with van der Waals surface area (Å²) in [5.74, 6) is 0.600. The zero-order chi connectivity index (χ0) is 19.2. The molecule has 0 aromatic heterocycles. The minimum Gasteiger partial charge on any atom is -0.491 e. The molecule has 0 saturated carbocycles. The molecule has 27 heavy (non-hydrogen) atoms. The van der Waals surface area contributed by atoms with E-state index in [-0.39, 0.29) is 11.7 Å². The SMILES string of the molecule is CN(C)c1ccc(C(=O)N2CCC(CCOc3ccccc3F)CC2)cc1. The summed E-state index contributed by atoms with van der Waals surface area (Å²) < 4.78 is 19.1. The fourth-order valence-electron chi connectivity index (χ4n) is 3.41. The first kappa shape index (κ1) is 19.2. The number of hydrogen-bond acceptors (Lipinski definition) is 3. The molecule has 1 fully saturated rings. The lowest BCUT2D eigenvalue weighted by molar-refractivity contribution is 0.0679. The van der Waals surface area contributed by atoms with Crippen LogP contribution in [0.3, 0.4) is 0 Å². The van der Waals surface area contributed by atoms with Gasteiger partial charge in [0.25, 0.3) is 5.91 Å². The van der Waals surface area contributed by atoms with Crippen LogP contribution in [0.4, 0.5) is 10.1 Å². The molecule has 0 radical (unpaired) electrons. The summed E-state index contributed by atoms with van der Waals surface area (Å²) in [6.45, 7) is 2.03. The highest BCUT2D eigenvalue weighted by Gasteiger charge is 2.23. The van der Waals surface area contributed by atoms with Crippen LogP contribution in [0.2, 0.25) is 0 Å². The zero-order valence-electron chi connectivity index (χ0n) is 16.0. The normalized spacial score (nSPS) is 14.9. The van der Waals surface area contributed by atoms with Gasteiger partial charge in [-0.15, -0.1) is 0 Å². The van der Waals surface area contributed by atoms with Crippen LogP contribution in [0.1, 0.15) is 29.6 Å². The van der Waals surface area contributed by atoms with Gasteiger partial charge in [0.2, 0.25) is 0 Å². The van der Waals surface area contributed by atoms with E-state index in [0.29, 0.717) is 18.3 Å². The molecule has 0 unspecified atom stereocenters. The van der Waals surface area contributed by atoms with Crippen molar-refractivity contribution >= 4 is 11.6 Å². The van der Waals surface area contributed by atoms with E-state index in [2.05, 4.69) is 0 Å². The van der Waals surface area contributed by atoms with E-state index in [9.17, 15) is 9.18 Å². The van der Waals surface area contributed by atoms with Gasteiger partial charge in [-0.3, -0.25) is 4.79 Å². The van der Waals surface area contributed by atoms with Crippen LogP contribution in [0.15, 0.2) is 48.5 Å². The fourth-order valence-corrected chi connectivity index (χ4v) is 3.41. The quantitative estimate of drug-likeness (QED) is 0.763. The second-order valence-corrected chi connectivity index (χ2v) is 7.24. The summed E-state index contributed by atoms with van der Waals surface area (Å²) in [6.07, 6.45) is 2.80. The third-order valence-corrected chi connectivity index (χ3v) is 5.15. The number of anilines is 1. The van der Waals surface area contributed by atoms with Gasteiger partial charge in [0, 0.05) is 38.4 Å². The molecule has 0 N–H and O–H groups in total. The predicted molar refractivity (Wildman–Crippen MR) is 106 cm³/mol. The number of rotatable bonds is 6. The number of para-hydroxylation sites is 1. The lowest BCUT2D eigenvalue weighted by Gasteiger charge is -2.32. The summed E-state index contributed by atoms with van der Waals surface area (Å²) in [5.41, 5.74) is 1.82. The van der Waals surface area contributed by atoms with E-state index in [0.717, 1.165) is 43.6 Å². The third kappa shape index (κ3) is 5.00. The van der Waals surface area contributed by atoms with Crippen LogP contribution in [0.5, 0.6) is 5.75 Å². The number of benzene rings is 2. The van der Waals surface area contributed by atoms with E-state index in [4.69, 9.17) is 4.74 Å². The Hall–Kier alpha value is -2.56. The Bertz CT molecular complexity index is 753. The third-order valence-electron chi connectivity index (χ3n) is 5.15. The lowest BCUT2D eigenvalue weighted by Crippen LogP contribution is -2.38. The Balaban J connectivity index is 1.44. The van der Waals surface area contributed by atoms with E-state index in [1.165, 1.54) is 6.07 Å². The Morgan fingerprint density at radius 1 is 1.11 bits per heavy atom. The first-order valence-corrected chi connectivity index (χ1v) is 9.48. The second-order valence-electron chi connectivity index (χ2n) is 7.24. The molecule has 1 amide bonds. The maximum absolute atomic E-state index is 13.6. The highest BCUT2D eigenvalue weighted by molar-refractivity contribution is 5.94. The van der Waals surface area contributed by atoms with Gasteiger partial charge in [0.1, 0.15) is 0 Å². The molecule has 2 aromatic rings. The molecular formula is C22H27FN2O2. The maximum atomic E-state index is 13.6. The number of hydrogen-bond donors (Lipinski definition) is 0. The minimum atomic E-state index is -0.321. The highest BCUT2D eigenvalue weighted by atomic mass is 19.1. The van der Waals surface area contributed by atoms with Crippen LogP contribution in [-0.2, 0) is 0 Å². The monoisotopic (exact) mass is 370 g/mol. The number of carbonyl (C=O) groups is 1. The maximum Gasteiger partial charge on any atom is 0.253 e. The highest BCUT2D eigenvalue weighted by Crippen LogP contribution is 2.23. The molecular weight excluding hydrogens is 343 g/mol. The Morgan fingerprint density at radius 3 is 2.41 bits per heavy atom. The van der Waals surface area contributed by atoms with Gasteiger partial charge in [-0.05, 0) is 61.6 Å². The molecule has 1 aliphatic rings. The molecule has 4 nitrogen and oxygen atoms in total. The van der Waals surface area contributed by atoms with Crippen molar-refractivity contribution in [1.82, 2.24) is 4.90 Å². The molecule has 5 heteroatoms. The van der Waals surface area contributed by atoms with Gasteiger partial charge >= 0.3 is 0 Å². The molecule has 1 saturated heterocycles. The summed E-state index contributed by atoms with van der Waals surface area (Å²) in [4.78, 5) is 16.6. The number of halogens is 1. The molecule has 1 aliphatic heterocycles. The molecule has 0 atom stereocenters. The topological polar surface area (TPSA) is 32.8 Å². The van der Waals surface area contributed by atoms with Crippen LogP contribution < -0.4 is 9.64 Å². The van der Waals surface area contributed by atoms with Gasteiger partial charge in [-0.25, -0.2) is 4.39 Å². The van der Waals surface area contributed by atoms with E-state index in [1.54, 1.807) is 18.2 Å². The summed E-state index contributed by atoms with van der Waals surface area (Å²) in [5, 5.41) is 0. The Labute approximate surface area is 160 Å². The number of ether oxygens (including phenoxy) is 1. The van der Waals surface area contributed by atoms with Crippen molar-refractivity contribution in [3.63, 3.8) is 0 Å². The molecule has 0 bridgehead atoms. The molecule has 1 heterocycles. The van der Waals surface area contributed by atoms with Gasteiger partial charge in [0.15, 0.2) is 11.6 Å². The van der Waals surface area contributed by atoms with Crippen molar-refractivity contribution in [2.24, 2.45) is 5.92 Å². The number of piperidine rings is 1. The summed E-state index contributed by atoms with van der Waals surface area (Å²) >= 11 is 0. The Morgan fingerprint density at radius 2 is 1.78 bits per heavy atom. The van der Waals surface area contributed by atoms with E-state index < -0.39 is 0 Å². The Kier molecular flexibility index (Phi) is 6.32. The average molecular weight is 370 g/mol. The van der Waals surface area contributed by atoms with Crippen molar-refractivity contribution in [1.29, 1.82) is 0 Å². The number of nitrogens with zero attached hydrogens (tertiary/aromatic N) is 2. The number of carbonyl (C=O) groups excluding carboxylic acids is 1. The zero-order valence-corrected chi connectivity index (χ0v) is 16.0. The van der Waals surface area contributed by atoms with Crippen LogP contribution in [-0.4, -0.2) is 44.6 Å². The van der Waals surface area contributed by atoms with Gasteiger partial charge in [0.05, 0.1) is 6.61 Å². The van der Waals surface area contributed by atoms with Crippen molar-refractivity contribution in [2.45, 2.75) is 19.3 Å². The van der Waals surface area contributed by atoms with Gasteiger partial charge in [-0.2, -0.15) is 0 Å². The average Bonchev–Trinajstić information content (AvgIpc) is 2.69. The van der Waals surface area contributed by atoms with Crippen molar-refractivity contribution in [3.8, 4) is 5.75 Å². The first-order valence-electron chi connectivity index (χ1n) is 9.48. The molecule has 0 spiro atoms. The van der Waals surface area contributed by atoms with Gasteiger partial charge < -0.3 is 14.5 Å². The van der Waals surface area contributed by atoms with Gasteiger partial charge in [-0.1, -0.05) is 12.1 Å². The predicted octanol–water partition coefficient (Wildman–Crippen LogP) is 4.21. The van der Waals surface area contributed by atoms with Crippen LogP contribution in [0.25, 0.3) is 0 Å². The smallest absolute Gasteiger partial charge is 0.253 e. The summed E-state index contributed by atoms with van der Waals surface area (Å²) in [7, 11) is 3.97. The second kappa shape index (κ2) is 8.89. The van der Waals surface area contributed by atoms with E-state index in [1.807, 2.05) is 48.2 Å². The molecule has 3 rings (SSSR count). The summed E-state index contributed by atoms with van der Waals surface area (Å²) in [6, 6.07) is 14.2.